The highest BCUT2D eigenvalue weighted by Gasteiger charge is 2.28. The van der Waals surface area contributed by atoms with Crippen molar-refractivity contribution in [2.75, 3.05) is 11.9 Å². The van der Waals surface area contributed by atoms with Crippen LogP contribution in [0.3, 0.4) is 0 Å². The minimum atomic E-state index is -0.257. The van der Waals surface area contributed by atoms with Crippen LogP contribution in [0.1, 0.15) is 41.2 Å². The zero-order valence-corrected chi connectivity index (χ0v) is 15.2. The smallest absolute Gasteiger partial charge is 0.276 e. The number of amides is 1. The van der Waals surface area contributed by atoms with Gasteiger partial charge >= 0.3 is 0 Å². The topological polar surface area (TPSA) is 77.0 Å². The van der Waals surface area contributed by atoms with Crippen LogP contribution in [-0.2, 0) is 0 Å². The number of ether oxygens (including phenoxy) is 1. The van der Waals surface area contributed by atoms with E-state index in [1.165, 1.54) is 35.5 Å². The zero-order chi connectivity index (χ0) is 17.2. The van der Waals surface area contributed by atoms with E-state index < -0.39 is 0 Å². The third kappa shape index (κ3) is 3.69. The van der Waals surface area contributed by atoms with Gasteiger partial charge in [0.1, 0.15) is 21.5 Å². The molecule has 0 atom stereocenters. The number of benzene rings is 1. The fourth-order valence-electron chi connectivity index (χ4n) is 2.31. The van der Waals surface area contributed by atoms with E-state index in [2.05, 4.69) is 20.5 Å². The average molecular weight is 372 g/mol. The summed E-state index contributed by atoms with van der Waals surface area (Å²) in [5, 5.41) is 15.0. The quantitative estimate of drug-likeness (QED) is 0.702. The van der Waals surface area contributed by atoms with Gasteiger partial charge in [0.15, 0.2) is 0 Å². The Morgan fingerprint density at radius 3 is 2.80 bits per heavy atom. The molecule has 2 aromatic heterocycles. The highest BCUT2D eigenvalue weighted by atomic mass is 32.1. The van der Waals surface area contributed by atoms with Crippen LogP contribution in [0.25, 0.3) is 10.6 Å². The predicted molar refractivity (Wildman–Crippen MR) is 98.6 cm³/mol. The van der Waals surface area contributed by atoms with E-state index in [0.717, 1.165) is 21.3 Å². The Labute approximate surface area is 152 Å². The highest BCUT2D eigenvalue weighted by Crippen LogP contribution is 2.42. The first-order chi connectivity index (χ1) is 12.2. The second-order valence-corrected chi connectivity index (χ2v) is 7.54. The Hall–Kier alpha value is -2.32. The standard InChI is InChI=1S/C17H16N4O2S2/c1-2-23-12-7-5-10(6-8-12)15-18-13(9-24-15)14(22)19-17-21-20-16(25-17)11-3-4-11/h5-9,11H,2-4H2,1H3,(H,19,21,22). The molecule has 0 bridgehead atoms. The molecule has 1 N–H and O–H groups in total. The average Bonchev–Trinajstić information content (AvgIpc) is 3.17. The van der Waals surface area contributed by atoms with Crippen molar-refractivity contribution in [3.8, 4) is 16.3 Å². The van der Waals surface area contributed by atoms with Crippen LogP contribution in [-0.4, -0.2) is 27.7 Å². The van der Waals surface area contributed by atoms with E-state index in [1.807, 2.05) is 31.2 Å². The number of aromatic nitrogens is 3. The number of carbonyl (C=O) groups excluding carboxylic acids is 1. The summed E-state index contributed by atoms with van der Waals surface area (Å²) in [6.07, 6.45) is 2.33. The lowest BCUT2D eigenvalue weighted by atomic mass is 10.2. The van der Waals surface area contributed by atoms with Gasteiger partial charge in [0.2, 0.25) is 5.13 Å². The van der Waals surface area contributed by atoms with Gasteiger partial charge in [-0.3, -0.25) is 10.1 Å². The molecule has 1 amide bonds. The Bertz CT molecular complexity index is 884. The minimum absolute atomic E-state index is 0.257. The van der Waals surface area contributed by atoms with Gasteiger partial charge < -0.3 is 4.74 Å². The molecule has 1 fully saturated rings. The maximum Gasteiger partial charge on any atom is 0.276 e. The number of anilines is 1. The van der Waals surface area contributed by atoms with Gasteiger partial charge in [0.05, 0.1) is 6.61 Å². The second kappa shape index (κ2) is 6.89. The van der Waals surface area contributed by atoms with Crippen molar-refractivity contribution in [2.45, 2.75) is 25.7 Å². The van der Waals surface area contributed by atoms with Crippen molar-refractivity contribution in [1.29, 1.82) is 0 Å². The van der Waals surface area contributed by atoms with Gasteiger partial charge in [-0.2, -0.15) is 0 Å². The van der Waals surface area contributed by atoms with Crippen LogP contribution in [0, 0.1) is 0 Å². The van der Waals surface area contributed by atoms with Crippen LogP contribution in [0.15, 0.2) is 29.6 Å². The first kappa shape index (κ1) is 16.2. The van der Waals surface area contributed by atoms with Crippen LogP contribution in [0.2, 0.25) is 0 Å². The van der Waals surface area contributed by atoms with Gasteiger partial charge in [-0.25, -0.2) is 4.98 Å². The fraction of sp³-hybridized carbons (Fsp3) is 0.294. The number of thiazole rings is 1. The van der Waals surface area contributed by atoms with Gasteiger partial charge in [-0.1, -0.05) is 11.3 Å². The molecule has 4 rings (SSSR count). The van der Waals surface area contributed by atoms with Gasteiger partial charge in [0.25, 0.3) is 5.91 Å². The largest absolute Gasteiger partial charge is 0.494 e. The number of nitrogens with one attached hydrogen (secondary N) is 1. The van der Waals surface area contributed by atoms with Gasteiger partial charge in [-0.15, -0.1) is 21.5 Å². The number of hydrogen-bond donors (Lipinski definition) is 1. The van der Waals surface area contributed by atoms with Gasteiger partial charge in [-0.05, 0) is 44.0 Å². The molecule has 25 heavy (non-hydrogen) atoms. The zero-order valence-electron chi connectivity index (χ0n) is 13.6. The van der Waals surface area contributed by atoms with E-state index in [0.29, 0.717) is 23.4 Å². The third-order valence-corrected chi connectivity index (χ3v) is 5.63. The summed E-state index contributed by atoms with van der Waals surface area (Å²) < 4.78 is 5.44. The number of rotatable bonds is 6. The highest BCUT2D eigenvalue weighted by molar-refractivity contribution is 7.15. The first-order valence-electron chi connectivity index (χ1n) is 8.06. The van der Waals surface area contributed by atoms with E-state index in [-0.39, 0.29) is 5.91 Å². The van der Waals surface area contributed by atoms with Crippen molar-refractivity contribution in [1.82, 2.24) is 15.2 Å². The molecule has 0 radical (unpaired) electrons. The summed E-state index contributed by atoms with van der Waals surface area (Å²) in [6.45, 7) is 2.58. The Morgan fingerprint density at radius 2 is 2.08 bits per heavy atom. The molecule has 2 heterocycles. The van der Waals surface area contributed by atoms with Crippen molar-refractivity contribution in [3.63, 3.8) is 0 Å². The third-order valence-electron chi connectivity index (χ3n) is 3.74. The molecule has 8 heteroatoms. The molecular formula is C17H16N4O2S2. The summed E-state index contributed by atoms with van der Waals surface area (Å²) >= 11 is 2.88. The van der Waals surface area contributed by atoms with Crippen LogP contribution >= 0.6 is 22.7 Å². The summed E-state index contributed by atoms with van der Waals surface area (Å²) in [6, 6.07) is 7.69. The molecular weight excluding hydrogens is 356 g/mol. The van der Waals surface area contributed by atoms with Crippen LogP contribution in [0.4, 0.5) is 5.13 Å². The molecule has 0 unspecified atom stereocenters. The summed E-state index contributed by atoms with van der Waals surface area (Å²) in [5.74, 6) is 1.10. The predicted octanol–water partition coefficient (Wildman–Crippen LogP) is 4.19. The number of carbonyl (C=O) groups is 1. The molecule has 1 saturated carbocycles. The van der Waals surface area contributed by atoms with Crippen molar-refractivity contribution in [3.05, 3.63) is 40.3 Å². The normalized spacial score (nSPS) is 13.6. The molecule has 3 aromatic rings. The molecule has 6 nitrogen and oxygen atoms in total. The monoisotopic (exact) mass is 372 g/mol. The van der Waals surface area contributed by atoms with Crippen LogP contribution < -0.4 is 10.1 Å². The summed E-state index contributed by atoms with van der Waals surface area (Å²) in [4.78, 5) is 16.8. The van der Waals surface area contributed by atoms with Crippen molar-refractivity contribution >= 4 is 33.7 Å². The van der Waals surface area contributed by atoms with E-state index in [4.69, 9.17) is 4.74 Å². The molecule has 128 valence electrons. The lowest BCUT2D eigenvalue weighted by Crippen LogP contribution is -2.12. The van der Waals surface area contributed by atoms with E-state index in [1.54, 1.807) is 5.38 Å². The van der Waals surface area contributed by atoms with Crippen molar-refractivity contribution < 1.29 is 9.53 Å². The SMILES string of the molecule is CCOc1ccc(-c2nc(C(=O)Nc3nnc(C4CC4)s3)cs2)cc1. The molecule has 1 aliphatic carbocycles. The molecule has 1 aromatic carbocycles. The fourth-order valence-corrected chi connectivity index (χ4v) is 4.03. The molecule has 1 aliphatic rings. The minimum Gasteiger partial charge on any atom is -0.494 e. The first-order valence-corrected chi connectivity index (χ1v) is 9.76. The molecule has 0 saturated heterocycles. The van der Waals surface area contributed by atoms with Crippen molar-refractivity contribution in [2.24, 2.45) is 0 Å². The summed E-state index contributed by atoms with van der Waals surface area (Å²) in [7, 11) is 0. The Kier molecular flexibility index (Phi) is 4.46. The maximum atomic E-state index is 12.3. The van der Waals surface area contributed by atoms with Gasteiger partial charge in [0, 0.05) is 16.9 Å². The number of hydrogen-bond acceptors (Lipinski definition) is 7. The summed E-state index contributed by atoms with van der Waals surface area (Å²) in [5.41, 5.74) is 1.34. The maximum absolute atomic E-state index is 12.3. The van der Waals surface area contributed by atoms with E-state index >= 15 is 0 Å². The lowest BCUT2D eigenvalue weighted by molar-refractivity contribution is 0.102. The number of nitrogens with zero attached hydrogens (tertiary/aromatic N) is 3. The second-order valence-electron chi connectivity index (χ2n) is 5.67. The van der Waals surface area contributed by atoms with E-state index in [9.17, 15) is 4.79 Å². The Morgan fingerprint density at radius 1 is 1.28 bits per heavy atom. The van der Waals surface area contributed by atoms with Crippen LogP contribution in [0.5, 0.6) is 5.75 Å². The Balaban J connectivity index is 1.44. The molecule has 0 aliphatic heterocycles. The molecule has 0 spiro atoms. The lowest BCUT2D eigenvalue weighted by Gasteiger charge is -2.02.